The number of hydrogen-bond donors (Lipinski definition) is 1. The van der Waals surface area contributed by atoms with Gasteiger partial charge in [-0.05, 0) is 38.0 Å². The summed E-state index contributed by atoms with van der Waals surface area (Å²) in [4.78, 5) is 25.5. The number of amides is 2. The molecule has 1 atom stereocenters. The van der Waals surface area contributed by atoms with Crippen LogP contribution in [0.1, 0.15) is 25.8 Å². The number of aryl methyl sites for hydroxylation is 1. The van der Waals surface area contributed by atoms with Crippen LogP contribution in [0.25, 0.3) is 0 Å². The number of nitrogens with one attached hydrogen (secondary N) is 1. The molecule has 1 N–H and O–H groups in total. The van der Waals surface area contributed by atoms with Crippen molar-refractivity contribution in [2.45, 2.75) is 32.7 Å². The topological polar surface area (TPSA) is 49.4 Å². The first-order chi connectivity index (χ1) is 8.87. The number of nitrogens with zero attached hydrogens (tertiary/aromatic N) is 1. The van der Waals surface area contributed by atoms with Crippen LogP contribution in [0, 0.1) is 12.7 Å². The van der Waals surface area contributed by atoms with Gasteiger partial charge in [0.2, 0.25) is 5.91 Å². The highest BCUT2D eigenvalue weighted by atomic mass is 19.1. The van der Waals surface area contributed by atoms with Crippen LogP contribution in [-0.4, -0.2) is 23.9 Å². The number of benzene rings is 1. The third-order valence-electron chi connectivity index (χ3n) is 3.61. The SMILES string of the molecule is CCC1(C)NC(=O)CN(c2ccc(C)c(F)c2)C1=O. The first-order valence-electron chi connectivity index (χ1n) is 6.26. The van der Waals surface area contributed by atoms with Crippen molar-refractivity contribution >= 4 is 17.5 Å². The molecule has 2 amide bonds. The van der Waals surface area contributed by atoms with E-state index in [1.54, 1.807) is 26.0 Å². The molecule has 102 valence electrons. The Morgan fingerprint density at radius 3 is 2.68 bits per heavy atom. The van der Waals surface area contributed by atoms with Gasteiger partial charge in [-0.25, -0.2) is 4.39 Å². The molecular weight excluding hydrogens is 247 g/mol. The summed E-state index contributed by atoms with van der Waals surface area (Å²) in [5.74, 6) is -0.822. The van der Waals surface area contributed by atoms with E-state index < -0.39 is 5.54 Å². The van der Waals surface area contributed by atoms with Gasteiger partial charge in [0, 0.05) is 5.69 Å². The predicted molar refractivity (Wildman–Crippen MR) is 70.3 cm³/mol. The van der Waals surface area contributed by atoms with Crippen molar-refractivity contribution in [1.29, 1.82) is 0 Å². The molecule has 1 aliphatic rings. The Bertz CT molecular complexity index is 544. The van der Waals surface area contributed by atoms with Crippen LogP contribution in [0.3, 0.4) is 0 Å². The average molecular weight is 264 g/mol. The third kappa shape index (κ3) is 2.32. The van der Waals surface area contributed by atoms with Crippen LogP contribution in [0.2, 0.25) is 0 Å². The van der Waals surface area contributed by atoms with E-state index in [2.05, 4.69) is 5.32 Å². The molecule has 0 bridgehead atoms. The fourth-order valence-corrected chi connectivity index (χ4v) is 2.11. The van der Waals surface area contributed by atoms with Crippen molar-refractivity contribution in [3.63, 3.8) is 0 Å². The number of carbonyl (C=O) groups excluding carboxylic acids is 2. The second-order valence-corrected chi connectivity index (χ2v) is 5.06. The summed E-state index contributed by atoms with van der Waals surface area (Å²) in [5.41, 5.74) is 0.00926. The average Bonchev–Trinajstić information content (AvgIpc) is 2.37. The molecule has 0 aromatic heterocycles. The van der Waals surface area contributed by atoms with E-state index >= 15 is 0 Å². The maximum Gasteiger partial charge on any atom is 0.252 e. The third-order valence-corrected chi connectivity index (χ3v) is 3.61. The highest BCUT2D eigenvalue weighted by Crippen LogP contribution is 2.25. The van der Waals surface area contributed by atoms with Crippen molar-refractivity contribution in [1.82, 2.24) is 5.32 Å². The summed E-state index contributed by atoms with van der Waals surface area (Å²) in [5, 5.41) is 2.69. The van der Waals surface area contributed by atoms with E-state index in [0.717, 1.165) is 0 Å². The molecule has 2 rings (SSSR count). The largest absolute Gasteiger partial charge is 0.340 e. The fraction of sp³-hybridized carbons (Fsp3) is 0.429. The molecule has 1 aromatic carbocycles. The highest BCUT2D eigenvalue weighted by Gasteiger charge is 2.42. The maximum atomic E-state index is 13.6. The van der Waals surface area contributed by atoms with E-state index in [0.29, 0.717) is 17.7 Å². The highest BCUT2D eigenvalue weighted by molar-refractivity contribution is 6.08. The normalized spacial score (nSPS) is 23.5. The van der Waals surface area contributed by atoms with Crippen molar-refractivity contribution < 1.29 is 14.0 Å². The summed E-state index contributed by atoms with van der Waals surface area (Å²) >= 11 is 0. The zero-order chi connectivity index (χ0) is 14.2. The standard InChI is InChI=1S/C14H17FN2O2/c1-4-14(3)13(19)17(8-12(18)16-14)10-6-5-9(2)11(15)7-10/h5-7H,4,8H2,1-3H3,(H,16,18). The van der Waals surface area contributed by atoms with Gasteiger partial charge < -0.3 is 10.2 Å². The molecular formula is C14H17FN2O2. The van der Waals surface area contributed by atoms with Gasteiger partial charge in [0.25, 0.3) is 5.91 Å². The molecule has 1 aromatic rings. The van der Waals surface area contributed by atoms with Crippen LogP contribution in [0.4, 0.5) is 10.1 Å². The molecule has 4 nitrogen and oxygen atoms in total. The van der Waals surface area contributed by atoms with Gasteiger partial charge in [0.1, 0.15) is 17.9 Å². The van der Waals surface area contributed by atoms with E-state index in [-0.39, 0.29) is 24.2 Å². The molecule has 1 heterocycles. The summed E-state index contributed by atoms with van der Waals surface area (Å²) < 4.78 is 13.6. The minimum absolute atomic E-state index is 0.0725. The van der Waals surface area contributed by atoms with Crippen LogP contribution >= 0.6 is 0 Å². The van der Waals surface area contributed by atoms with Gasteiger partial charge in [-0.1, -0.05) is 13.0 Å². The number of hydrogen-bond acceptors (Lipinski definition) is 2. The Balaban J connectivity index is 2.40. The first kappa shape index (κ1) is 13.5. The molecule has 1 aliphatic heterocycles. The predicted octanol–water partition coefficient (Wildman–Crippen LogP) is 1.77. The lowest BCUT2D eigenvalue weighted by molar-refractivity contribution is -0.135. The molecule has 5 heteroatoms. The molecule has 1 unspecified atom stereocenters. The van der Waals surface area contributed by atoms with Crippen molar-refractivity contribution in [3.8, 4) is 0 Å². The molecule has 0 aliphatic carbocycles. The van der Waals surface area contributed by atoms with E-state index in [1.807, 2.05) is 6.92 Å². The van der Waals surface area contributed by atoms with E-state index in [4.69, 9.17) is 0 Å². The zero-order valence-electron chi connectivity index (χ0n) is 11.3. The van der Waals surface area contributed by atoms with Crippen LogP contribution in [0.15, 0.2) is 18.2 Å². The minimum Gasteiger partial charge on any atom is -0.340 e. The van der Waals surface area contributed by atoms with E-state index in [9.17, 15) is 14.0 Å². The summed E-state index contributed by atoms with van der Waals surface area (Å²) in [6.07, 6.45) is 0.489. The Kier molecular flexibility index (Phi) is 3.30. The summed E-state index contributed by atoms with van der Waals surface area (Å²) in [6.45, 7) is 5.10. The van der Waals surface area contributed by atoms with Crippen LogP contribution in [0.5, 0.6) is 0 Å². The smallest absolute Gasteiger partial charge is 0.252 e. The molecule has 0 radical (unpaired) electrons. The first-order valence-corrected chi connectivity index (χ1v) is 6.26. The van der Waals surface area contributed by atoms with Gasteiger partial charge in [-0.3, -0.25) is 9.59 Å². The minimum atomic E-state index is -0.920. The summed E-state index contributed by atoms with van der Waals surface area (Å²) in [6, 6.07) is 4.56. The Labute approximate surface area is 111 Å². The van der Waals surface area contributed by atoms with Crippen LogP contribution in [-0.2, 0) is 9.59 Å². The maximum absolute atomic E-state index is 13.6. The molecule has 0 saturated carbocycles. The van der Waals surface area contributed by atoms with Gasteiger partial charge in [0.05, 0.1) is 0 Å². The number of piperazine rings is 1. The van der Waals surface area contributed by atoms with Gasteiger partial charge >= 0.3 is 0 Å². The second-order valence-electron chi connectivity index (χ2n) is 5.06. The Morgan fingerprint density at radius 2 is 2.11 bits per heavy atom. The Hall–Kier alpha value is -1.91. The van der Waals surface area contributed by atoms with Crippen molar-refractivity contribution in [2.75, 3.05) is 11.4 Å². The molecule has 1 saturated heterocycles. The van der Waals surface area contributed by atoms with Gasteiger partial charge in [-0.15, -0.1) is 0 Å². The number of rotatable bonds is 2. The lowest BCUT2D eigenvalue weighted by atomic mass is 9.94. The van der Waals surface area contributed by atoms with Gasteiger partial charge in [0.15, 0.2) is 0 Å². The number of carbonyl (C=O) groups is 2. The number of halogens is 1. The molecule has 1 fully saturated rings. The van der Waals surface area contributed by atoms with Crippen molar-refractivity contribution in [2.24, 2.45) is 0 Å². The van der Waals surface area contributed by atoms with E-state index in [1.165, 1.54) is 11.0 Å². The lowest BCUT2D eigenvalue weighted by Gasteiger charge is -2.39. The fourth-order valence-electron chi connectivity index (χ4n) is 2.11. The van der Waals surface area contributed by atoms with Gasteiger partial charge in [-0.2, -0.15) is 0 Å². The second kappa shape index (κ2) is 4.64. The summed E-state index contributed by atoms with van der Waals surface area (Å²) in [7, 11) is 0. The lowest BCUT2D eigenvalue weighted by Crippen LogP contribution is -2.65. The monoisotopic (exact) mass is 264 g/mol. The molecule has 19 heavy (non-hydrogen) atoms. The Morgan fingerprint density at radius 1 is 1.42 bits per heavy atom. The quantitative estimate of drug-likeness (QED) is 0.885. The molecule has 0 spiro atoms. The number of anilines is 1. The zero-order valence-corrected chi connectivity index (χ0v) is 11.3. The van der Waals surface area contributed by atoms with Crippen molar-refractivity contribution in [3.05, 3.63) is 29.6 Å². The van der Waals surface area contributed by atoms with Crippen LogP contribution < -0.4 is 10.2 Å².